The Bertz CT molecular complexity index is 6410. The minimum absolute atomic E-state index is 0.133. The van der Waals surface area contributed by atoms with Crippen molar-refractivity contribution in [2.24, 2.45) is 0 Å². The van der Waals surface area contributed by atoms with E-state index in [0.717, 1.165) is 59.6 Å². The molecule has 0 aromatic heterocycles. The molecule has 0 bridgehead atoms. The molecule has 18 aromatic carbocycles. The largest absolute Gasteiger partial charge is 0.356 e. The standard InChI is InChI=1S/C49H35N.C25H17Br.C24H19N.C13H7BrO/c1-5-17-36(18-6-1)37-29-31-41(32-30-37)50(48-28-16-14-25-43(48)38-19-7-2-8-20-38)42-33-34-47-45(35-42)44-26-13-15-27-46(44)49(47,39-21-9-3-10-22-39)40-23-11-4-12-24-40;26-20-15-16-24-22(17-20)21-13-7-8-14-23(21)25(24,18-9-3-1-4-10-18)19-11-5-2-6-12-19;1-3-8-19(9-4-1)21-14-16-23(17-15-21)25-24-13-7-12-22(18-24)20-10-5-2-6-11-20;14-8-5-6-11-12(7-8)9-3-1-2-4-10(9)13(11)15/h1-35H;1-17H;1-18,25H;1-7H. The predicted octanol–water partition coefficient (Wildman–Crippen LogP) is 30.1. The second-order valence-corrected chi connectivity index (χ2v) is 31.0. The number of nitrogens with one attached hydrogen (secondary N) is 1. The van der Waals surface area contributed by atoms with Crippen molar-refractivity contribution in [2.45, 2.75) is 10.8 Å². The fourth-order valence-electron chi connectivity index (χ4n) is 17.3. The Labute approximate surface area is 696 Å². The van der Waals surface area contributed by atoms with Crippen LogP contribution in [0.15, 0.2) is 476 Å². The van der Waals surface area contributed by atoms with Crippen molar-refractivity contribution in [3.05, 3.63) is 532 Å². The summed E-state index contributed by atoms with van der Waals surface area (Å²) in [6.45, 7) is 0. The highest BCUT2D eigenvalue weighted by Crippen LogP contribution is 2.59. The summed E-state index contributed by atoms with van der Waals surface area (Å²) in [5.41, 5.74) is 33.8. The number of halogens is 2. The van der Waals surface area contributed by atoms with Gasteiger partial charge >= 0.3 is 0 Å². The van der Waals surface area contributed by atoms with Crippen LogP contribution in [0.4, 0.5) is 28.4 Å². The van der Waals surface area contributed by atoms with Gasteiger partial charge in [0.25, 0.3) is 0 Å². The van der Waals surface area contributed by atoms with Gasteiger partial charge in [0.2, 0.25) is 0 Å². The Morgan fingerprint density at radius 1 is 0.207 bits per heavy atom. The van der Waals surface area contributed by atoms with Crippen molar-refractivity contribution < 1.29 is 4.79 Å². The minimum atomic E-state index is -0.433. The van der Waals surface area contributed by atoms with Gasteiger partial charge in [-0.3, -0.25) is 4.79 Å². The summed E-state index contributed by atoms with van der Waals surface area (Å²) < 4.78 is 2.12. The molecule has 21 rings (SSSR count). The van der Waals surface area contributed by atoms with E-state index < -0.39 is 5.41 Å². The fraction of sp³-hybridized carbons (Fsp3) is 0.0180. The smallest absolute Gasteiger partial charge is 0.194 e. The number of fused-ring (bicyclic) bond motifs is 9. The van der Waals surface area contributed by atoms with Crippen LogP contribution in [0, 0.1) is 0 Å². The quantitative estimate of drug-likeness (QED) is 0.125. The third-order valence-electron chi connectivity index (χ3n) is 22.5. The summed E-state index contributed by atoms with van der Waals surface area (Å²) >= 11 is 7.09. The first-order valence-electron chi connectivity index (χ1n) is 39.3. The van der Waals surface area contributed by atoms with Gasteiger partial charge in [0, 0.05) is 48.4 Å². The molecule has 0 radical (unpaired) electrons. The molecule has 0 atom stereocenters. The van der Waals surface area contributed by atoms with Gasteiger partial charge in [0.15, 0.2) is 5.78 Å². The molecule has 1 N–H and O–H groups in total. The molecule has 0 saturated carbocycles. The molecule has 0 amide bonds. The lowest BCUT2D eigenvalue weighted by atomic mass is 9.68. The molecular weight excluding hydrogens is 1540 g/mol. The van der Waals surface area contributed by atoms with Gasteiger partial charge in [-0.05, 0) is 202 Å². The van der Waals surface area contributed by atoms with Gasteiger partial charge in [0.05, 0.1) is 16.5 Å². The van der Waals surface area contributed by atoms with E-state index in [0.29, 0.717) is 0 Å². The van der Waals surface area contributed by atoms with Gasteiger partial charge in [-0.1, -0.05) is 414 Å². The van der Waals surface area contributed by atoms with Gasteiger partial charge in [0.1, 0.15) is 0 Å². The first kappa shape index (κ1) is 73.7. The highest BCUT2D eigenvalue weighted by atomic mass is 79.9. The van der Waals surface area contributed by atoms with E-state index in [4.69, 9.17) is 0 Å². The molecule has 3 aliphatic carbocycles. The fourth-order valence-corrected chi connectivity index (χ4v) is 18.1. The molecule has 5 heteroatoms. The van der Waals surface area contributed by atoms with E-state index in [1.807, 2.05) is 54.6 Å². The van der Waals surface area contributed by atoms with Crippen LogP contribution in [0.1, 0.15) is 60.4 Å². The average molecular weight is 1620 g/mol. The molecular formula is C111H78Br2N2O. The summed E-state index contributed by atoms with van der Waals surface area (Å²) in [6.07, 6.45) is 0. The maximum atomic E-state index is 12.0. The molecule has 0 unspecified atom stereocenters. The molecule has 0 aliphatic heterocycles. The first-order chi connectivity index (χ1) is 57.3. The highest BCUT2D eigenvalue weighted by molar-refractivity contribution is 9.10. The Morgan fingerprint density at radius 2 is 0.543 bits per heavy atom. The van der Waals surface area contributed by atoms with E-state index in [9.17, 15) is 4.79 Å². The highest BCUT2D eigenvalue weighted by Gasteiger charge is 2.48. The number of rotatable bonds is 13. The molecule has 3 aliphatic rings. The Morgan fingerprint density at radius 3 is 1.04 bits per heavy atom. The maximum absolute atomic E-state index is 12.0. The van der Waals surface area contributed by atoms with Crippen LogP contribution < -0.4 is 10.2 Å². The van der Waals surface area contributed by atoms with Crippen LogP contribution in [0.3, 0.4) is 0 Å². The lowest BCUT2D eigenvalue weighted by Gasteiger charge is -2.34. The second kappa shape index (κ2) is 33.1. The zero-order valence-corrected chi connectivity index (χ0v) is 66.7. The van der Waals surface area contributed by atoms with Crippen LogP contribution in [-0.4, -0.2) is 5.78 Å². The van der Waals surface area contributed by atoms with Gasteiger partial charge in [-0.15, -0.1) is 0 Å². The number of nitrogens with zero attached hydrogens (tertiary/aromatic N) is 1. The lowest BCUT2D eigenvalue weighted by molar-refractivity contribution is 0.104. The van der Waals surface area contributed by atoms with Crippen molar-refractivity contribution in [3.63, 3.8) is 0 Å². The zero-order chi connectivity index (χ0) is 78.2. The van der Waals surface area contributed by atoms with Crippen molar-refractivity contribution >= 4 is 66.1 Å². The number of carbonyl (C=O) groups is 1. The molecule has 552 valence electrons. The molecule has 116 heavy (non-hydrogen) atoms. The van der Waals surface area contributed by atoms with E-state index in [-0.39, 0.29) is 11.2 Å². The number of benzene rings is 18. The number of anilines is 5. The molecule has 18 aromatic rings. The second-order valence-electron chi connectivity index (χ2n) is 29.2. The Balaban J connectivity index is 0.000000118. The minimum Gasteiger partial charge on any atom is -0.356 e. The monoisotopic (exact) mass is 1610 g/mol. The number of ketones is 1. The van der Waals surface area contributed by atoms with Crippen molar-refractivity contribution in [1.29, 1.82) is 0 Å². The molecule has 0 saturated heterocycles. The summed E-state index contributed by atoms with van der Waals surface area (Å²) in [4.78, 5) is 14.4. The Kier molecular flexibility index (Phi) is 21.0. The zero-order valence-electron chi connectivity index (χ0n) is 63.6. The summed E-state index contributed by atoms with van der Waals surface area (Å²) in [7, 11) is 0. The number of carbonyl (C=O) groups excluding carboxylic acids is 1. The Hall–Kier alpha value is -13.8. The average Bonchev–Trinajstić information content (AvgIpc) is 1.54. The van der Waals surface area contributed by atoms with E-state index in [1.54, 1.807) is 0 Å². The van der Waals surface area contributed by atoms with Crippen LogP contribution >= 0.6 is 31.9 Å². The van der Waals surface area contributed by atoms with E-state index in [1.165, 1.54) is 111 Å². The first-order valence-corrected chi connectivity index (χ1v) is 40.9. The summed E-state index contributed by atoms with van der Waals surface area (Å²) in [6, 6.07) is 166. The summed E-state index contributed by atoms with van der Waals surface area (Å²) in [5, 5.41) is 3.49. The van der Waals surface area contributed by atoms with Gasteiger partial charge in [-0.25, -0.2) is 0 Å². The van der Waals surface area contributed by atoms with E-state index in [2.05, 4.69) is 455 Å². The topological polar surface area (TPSA) is 32.3 Å². The van der Waals surface area contributed by atoms with Crippen LogP contribution in [0.5, 0.6) is 0 Å². The van der Waals surface area contributed by atoms with Crippen molar-refractivity contribution in [1.82, 2.24) is 0 Å². The number of hydrogen-bond donors (Lipinski definition) is 1. The van der Waals surface area contributed by atoms with Crippen molar-refractivity contribution in [2.75, 3.05) is 10.2 Å². The molecule has 0 fully saturated rings. The third kappa shape index (κ3) is 14.2. The number of para-hydroxylation sites is 1. The van der Waals surface area contributed by atoms with E-state index >= 15 is 0 Å². The van der Waals surface area contributed by atoms with Gasteiger partial charge in [-0.2, -0.15) is 0 Å². The SMILES string of the molecule is Brc1ccc2c(c1)-c1ccccc1C2(c1ccccc1)c1ccccc1.O=C1c2ccccc2-c2cc(Br)ccc21.c1ccc(-c2ccc(N(c3ccc4c(c3)-c3ccccc3C4(c3ccccc3)c3ccccc3)c3ccccc3-c3ccccc3)cc2)cc1.c1ccc(-c2ccc(Nc3cccc(-c4ccccc4)c3)cc2)cc1. The maximum Gasteiger partial charge on any atom is 0.194 e. The van der Waals surface area contributed by atoms with Crippen LogP contribution in [-0.2, 0) is 10.8 Å². The molecule has 0 spiro atoms. The van der Waals surface area contributed by atoms with Crippen molar-refractivity contribution in [3.8, 4) is 77.9 Å². The third-order valence-corrected chi connectivity index (χ3v) is 23.5. The van der Waals surface area contributed by atoms with Crippen LogP contribution in [0.2, 0.25) is 0 Å². The number of hydrogen-bond acceptors (Lipinski definition) is 3. The van der Waals surface area contributed by atoms with Crippen LogP contribution in [0.25, 0.3) is 77.9 Å². The van der Waals surface area contributed by atoms with Gasteiger partial charge < -0.3 is 10.2 Å². The molecule has 0 heterocycles. The normalized spacial score (nSPS) is 12.4. The molecule has 3 nitrogen and oxygen atoms in total. The lowest BCUT2D eigenvalue weighted by Crippen LogP contribution is -2.28. The summed E-state index contributed by atoms with van der Waals surface area (Å²) in [5.74, 6) is 0.133. The predicted molar refractivity (Wildman–Crippen MR) is 491 cm³/mol.